The maximum Gasteiger partial charge on any atom is 0.191 e. The van der Waals surface area contributed by atoms with E-state index >= 15 is 0 Å². The van der Waals surface area contributed by atoms with Gasteiger partial charge in [0.2, 0.25) is 0 Å². The Bertz CT molecular complexity index is 465. The first-order chi connectivity index (χ1) is 11.3. The molecule has 0 atom stereocenters. The van der Waals surface area contributed by atoms with E-state index in [1.165, 1.54) is 18.4 Å². The number of rotatable bonds is 10. The predicted octanol–water partition coefficient (Wildman–Crippen LogP) is 2.12. The van der Waals surface area contributed by atoms with Gasteiger partial charge in [-0.05, 0) is 24.8 Å². The van der Waals surface area contributed by atoms with Crippen molar-refractivity contribution in [2.75, 3.05) is 46.9 Å². The molecule has 0 radical (unpaired) electrons. The Morgan fingerprint density at radius 2 is 1.88 bits per heavy atom. The third kappa shape index (κ3) is 8.30. The quantitative estimate of drug-likeness (QED) is 0.329. The van der Waals surface area contributed by atoms with Gasteiger partial charge in [-0.15, -0.1) is 24.0 Å². The summed E-state index contributed by atoms with van der Waals surface area (Å²) in [4.78, 5) is 6.80. The molecule has 1 aliphatic rings. The van der Waals surface area contributed by atoms with Crippen molar-refractivity contribution in [3.05, 3.63) is 35.9 Å². The molecule has 0 heterocycles. The number of halogens is 1. The number of benzene rings is 1. The summed E-state index contributed by atoms with van der Waals surface area (Å²) in [6, 6.07) is 11.3. The van der Waals surface area contributed by atoms with Gasteiger partial charge in [-0.25, -0.2) is 0 Å². The molecular weight excluding hydrogens is 415 g/mol. The first-order valence-corrected chi connectivity index (χ1v) is 8.55. The first kappa shape index (κ1) is 21.2. The lowest BCUT2D eigenvalue weighted by molar-refractivity contribution is 0.144. The topological polar surface area (TPSA) is 48.9 Å². The summed E-state index contributed by atoms with van der Waals surface area (Å²) < 4.78 is 5.20. The Balaban J connectivity index is 0.00000288. The average Bonchev–Trinajstić information content (AvgIpc) is 3.42. The normalized spacial score (nSPS) is 14.4. The maximum atomic E-state index is 5.20. The fourth-order valence-electron chi connectivity index (χ4n) is 2.63. The Morgan fingerprint density at radius 1 is 1.17 bits per heavy atom. The molecule has 0 spiro atoms. The van der Waals surface area contributed by atoms with Gasteiger partial charge in [-0.2, -0.15) is 0 Å². The van der Waals surface area contributed by atoms with Crippen molar-refractivity contribution < 1.29 is 4.74 Å². The van der Waals surface area contributed by atoms with E-state index in [0.29, 0.717) is 0 Å². The van der Waals surface area contributed by atoms with Crippen LogP contribution in [-0.4, -0.2) is 63.8 Å². The lowest BCUT2D eigenvalue weighted by Crippen LogP contribution is -2.43. The number of nitrogens with zero attached hydrogens (tertiary/aromatic N) is 2. The fourth-order valence-corrected chi connectivity index (χ4v) is 2.63. The van der Waals surface area contributed by atoms with Crippen molar-refractivity contribution >= 4 is 29.9 Å². The number of aliphatic imine (C=N–C) groups is 1. The highest BCUT2D eigenvalue weighted by Gasteiger charge is 2.28. The molecule has 1 aliphatic carbocycles. The van der Waals surface area contributed by atoms with Crippen molar-refractivity contribution in [2.24, 2.45) is 4.99 Å². The molecule has 0 aromatic heterocycles. The Labute approximate surface area is 163 Å². The molecule has 5 nitrogen and oxygen atoms in total. The van der Waals surface area contributed by atoms with Gasteiger partial charge in [0.15, 0.2) is 5.96 Å². The molecule has 2 N–H and O–H groups in total. The summed E-state index contributed by atoms with van der Waals surface area (Å²) in [7, 11) is 3.59. The second kappa shape index (κ2) is 12.5. The number of methoxy groups -OCH3 is 1. The molecule has 2 rings (SSSR count). The monoisotopic (exact) mass is 446 g/mol. The van der Waals surface area contributed by atoms with E-state index < -0.39 is 0 Å². The zero-order valence-corrected chi connectivity index (χ0v) is 17.2. The summed E-state index contributed by atoms with van der Waals surface area (Å²) in [5, 5.41) is 6.78. The van der Waals surface area contributed by atoms with Crippen LogP contribution in [0, 0.1) is 0 Å². The molecular formula is C18H31IN4O. The minimum Gasteiger partial charge on any atom is -0.383 e. The van der Waals surface area contributed by atoms with E-state index in [9.17, 15) is 0 Å². The summed E-state index contributed by atoms with van der Waals surface area (Å²) in [6.45, 7) is 4.65. The van der Waals surface area contributed by atoms with Crippen LogP contribution in [0.25, 0.3) is 0 Å². The van der Waals surface area contributed by atoms with Gasteiger partial charge >= 0.3 is 0 Å². The second-order valence-electron chi connectivity index (χ2n) is 5.92. The Morgan fingerprint density at radius 3 is 2.50 bits per heavy atom. The minimum atomic E-state index is 0. The standard InChI is InChI=1S/C18H30N4O.HI/c1-19-18(20-11-10-16-6-4-3-5-7-16)21-12-13-22(14-15-23-2)17-8-9-17;/h3-7,17H,8-15H2,1-2H3,(H2,19,20,21);1H. The van der Waals surface area contributed by atoms with E-state index in [4.69, 9.17) is 4.74 Å². The van der Waals surface area contributed by atoms with Crippen LogP contribution in [0.2, 0.25) is 0 Å². The lowest BCUT2D eigenvalue weighted by Gasteiger charge is -2.22. The molecule has 0 amide bonds. The SMILES string of the molecule is CN=C(NCCc1ccccc1)NCCN(CCOC)C1CC1.I. The Hall–Kier alpha value is -0.860. The highest BCUT2D eigenvalue weighted by Crippen LogP contribution is 2.25. The Kier molecular flexibility index (Phi) is 11.0. The van der Waals surface area contributed by atoms with Gasteiger partial charge in [0, 0.05) is 46.4 Å². The predicted molar refractivity (Wildman–Crippen MR) is 111 cm³/mol. The second-order valence-corrected chi connectivity index (χ2v) is 5.92. The molecule has 1 fully saturated rings. The van der Waals surface area contributed by atoms with E-state index in [0.717, 1.165) is 51.2 Å². The number of guanidine groups is 1. The van der Waals surface area contributed by atoms with Crippen molar-refractivity contribution in [1.29, 1.82) is 0 Å². The third-order valence-corrected chi connectivity index (χ3v) is 4.11. The first-order valence-electron chi connectivity index (χ1n) is 8.55. The van der Waals surface area contributed by atoms with Gasteiger partial charge in [-0.3, -0.25) is 9.89 Å². The third-order valence-electron chi connectivity index (χ3n) is 4.11. The van der Waals surface area contributed by atoms with Crippen LogP contribution in [0.1, 0.15) is 18.4 Å². The van der Waals surface area contributed by atoms with Crippen LogP contribution in [0.3, 0.4) is 0 Å². The molecule has 0 aliphatic heterocycles. The van der Waals surface area contributed by atoms with E-state index in [2.05, 4.69) is 44.8 Å². The van der Waals surface area contributed by atoms with Crippen LogP contribution in [-0.2, 0) is 11.2 Å². The fraction of sp³-hybridized carbons (Fsp3) is 0.611. The van der Waals surface area contributed by atoms with Crippen molar-refractivity contribution in [1.82, 2.24) is 15.5 Å². The summed E-state index contributed by atoms with van der Waals surface area (Å²) in [6.07, 6.45) is 3.66. The maximum absolute atomic E-state index is 5.20. The van der Waals surface area contributed by atoms with Crippen LogP contribution < -0.4 is 10.6 Å². The molecule has 0 saturated heterocycles. The molecule has 1 aromatic rings. The largest absolute Gasteiger partial charge is 0.383 e. The van der Waals surface area contributed by atoms with Crippen molar-refractivity contribution in [3.8, 4) is 0 Å². The molecule has 6 heteroatoms. The van der Waals surface area contributed by atoms with E-state index in [1.807, 2.05) is 13.1 Å². The summed E-state index contributed by atoms with van der Waals surface area (Å²) >= 11 is 0. The number of nitrogens with one attached hydrogen (secondary N) is 2. The van der Waals surface area contributed by atoms with Crippen molar-refractivity contribution in [3.63, 3.8) is 0 Å². The van der Waals surface area contributed by atoms with E-state index in [1.54, 1.807) is 7.11 Å². The molecule has 0 bridgehead atoms. The highest BCUT2D eigenvalue weighted by atomic mass is 127. The van der Waals surface area contributed by atoms with Crippen LogP contribution in [0.5, 0.6) is 0 Å². The smallest absolute Gasteiger partial charge is 0.191 e. The van der Waals surface area contributed by atoms with E-state index in [-0.39, 0.29) is 24.0 Å². The van der Waals surface area contributed by atoms with Crippen LogP contribution >= 0.6 is 24.0 Å². The minimum absolute atomic E-state index is 0. The molecule has 1 aromatic carbocycles. The molecule has 24 heavy (non-hydrogen) atoms. The molecule has 136 valence electrons. The summed E-state index contributed by atoms with van der Waals surface area (Å²) in [5.74, 6) is 0.878. The zero-order valence-electron chi connectivity index (χ0n) is 14.8. The number of hydrogen-bond acceptors (Lipinski definition) is 3. The van der Waals surface area contributed by atoms with Gasteiger partial charge < -0.3 is 15.4 Å². The van der Waals surface area contributed by atoms with Crippen LogP contribution in [0.15, 0.2) is 35.3 Å². The van der Waals surface area contributed by atoms with Gasteiger partial charge in [-0.1, -0.05) is 30.3 Å². The highest BCUT2D eigenvalue weighted by molar-refractivity contribution is 14.0. The van der Waals surface area contributed by atoms with Crippen molar-refractivity contribution in [2.45, 2.75) is 25.3 Å². The summed E-state index contributed by atoms with van der Waals surface area (Å²) in [5.41, 5.74) is 1.34. The van der Waals surface area contributed by atoms with Crippen LogP contribution in [0.4, 0.5) is 0 Å². The molecule has 1 saturated carbocycles. The average molecular weight is 446 g/mol. The van der Waals surface area contributed by atoms with Gasteiger partial charge in [0.05, 0.1) is 6.61 Å². The number of ether oxygens (including phenoxy) is 1. The molecule has 0 unspecified atom stereocenters. The van der Waals surface area contributed by atoms with Gasteiger partial charge in [0.1, 0.15) is 0 Å². The lowest BCUT2D eigenvalue weighted by atomic mass is 10.1. The number of hydrogen-bond donors (Lipinski definition) is 2. The zero-order chi connectivity index (χ0) is 16.3. The van der Waals surface area contributed by atoms with Gasteiger partial charge in [0.25, 0.3) is 0 Å².